The molecule has 1 aromatic carbocycles. The molecule has 4 nitrogen and oxygen atoms in total. The zero-order valence-corrected chi connectivity index (χ0v) is 14.2. The summed E-state index contributed by atoms with van der Waals surface area (Å²) in [5.41, 5.74) is 2.72. The molecular weight excluding hydrogens is 319 g/mol. The maximum absolute atomic E-state index is 2.21. The molecule has 0 aliphatic carbocycles. The Hall–Kier alpha value is -1.78. The van der Waals surface area contributed by atoms with Gasteiger partial charge in [0.15, 0.2) is 0 Å². The first-order chi connectivity index (χ1) is 9.70. The Morgan fingerprint density at radius 2 is 1.18 bits per heavy atom. The first-order valence-electron chi connectivity index (χ1n) is 6.79. The van der Waals surface area contributed by atoms with Crippen molar-refractivity contribution in [3.8, 4) is 0 Å². The van der Waals surface area contributed by atoms with Gasteiger partial charge in [0, 0.05) is 11.1 Å². The van der Waals surface area contributed by atoms with Gasteiger partial charge in [-0.15, -0.1) is 0 Å². The van der Waals surface area contributed by atoms with Gasteiger partial charge < -0.3 is 24.8 Å². The second-order valence-corrected chi connectivity index (χ2v) is 5.27. The lowest BCUT2D eigenvalue weighted by Crippen LogP contribution is -3.00. The highest BCUT2D eigenvalue weighted by atomic mass is 35.5. The van der Waals surface area contributed by atoms with Gasteiger partial charge in [0.25, 0.3) is 0 Å². The summed E-state index contributed by atoms with van der Waals surface area (Å²) < 4.78 is 8.53. The quantitative estimate of drug-likeness (QED) is 0.424. The van der Waals surface area contributed by atoms with Crippen LogP contribution in [0.1, 0.15) is 11.1 Å². The smallest absolute Gasteiger partial charge is 0.243 e. The Balaban J connectivity index is 0.00000121. The largest absolute Gasteiger partial charge is 1.00 e. The van der Waals surface area contributed by atoms with Crippen molar-refractivity contribution in [2.24, 2.45) is 14.1 Å². The van der Waals surface area contributed by atoms with E-state index in [-0.39, 0.29) is 24.8 Å². The second kappa shape index (κ2) is 8.01. The van der Waals surface area contributed by atoms with Crippen molar-refractivity contribution in [3.05, 3.63) is 72.8 Å². The summed E-state index contributed by atoms with van der Waals surface area (Å²) >= 11 is 0. The lowest BCUT2D eigenvalue weighted by atomic mass is 10.1. The van der Waals surface area contributed by atoms with Crippen molar-refractivity contribution in [3.63, 3.8) is 0 Å². The summed E-state index contributed by atoms with van der Waals surface area (Å²) in [6.07, 6.45) is 12.5. The third-order valence-electron chi connectivity index (χ3n) is 3.47. The minimum atomic E-state index is 0. The van der Waals surface area contributed by atoms with Crippen LogP contribution in [0.2, 0.25) is 0 Å². The van der Waals surface area contributed by atoms with Gasteiger partial charge in [-0.05, 0) is 0 Å². The van der Waals surface area contributed by atoms with Crippen molar-refractivity contribution < 1.29 is 33.9 Å². The van der Waals surface area contributed by atoms with Crippen molar-refractivity contribution in [1.29, 1.82) is 0 Å². The molecule has 3 aromatic rings. The SMILES string of the molecule is C[n+]1ccn(Cc2ccccc2Cn2cc[n+](C)c2)c1.[Cl-].[Cl-]. The Kier molecular flexibility index (Phi) is 6.65. The van der Waals surface area contributed by atoms with Crippen LogP contribution >= 0.6 is 0 Å². The molecule has 0 N–H and O–H groups in total. The predicted octanol–water partition coefficient (Wildman–Crippen LogP) is -4.96. The van der Waals surface area contributed by atoms with Gasteiger partial charge in [-0.1, -0.05) is 24.3 Å². The van der Waals surface area contributed by atoms with Crippen molar-refractivity contribution in [2.45, 2.75) is 13.1 Å². The standard InChI is InChI=1S/C16H20N4.2ClH/c1-17-7-9-19(13-17)11-15-5-3-4-6-16(15)12-20-10-8-18(2)14-20;;/h3-10,13-14H,11-12H2,1-2H3;2*1H/q+2;;/p-2. The Morgan fingerprint density at radius 1 is 0.773 bits per heavy atom. The number of imidazole rings is 2. The normalized spacial score (nSPS) is 9.91. The second-order valence-electron chi connectivity index (χ2n) is 5.27. The average molecular weight is 339 g/mol. The maximum atomic E-state index is 2.21. The van der Waals surface area contributed by atoms with Crippen LogP contribution in [0.3, 0.4) is 0 Å². The van der Waals surface area contributed by atoms with Gasteiger partial charge in [-0.2, -0.15) is 0 Å². The van der Waals surface area contributed by atoms with E-state index in [1.54, 1.807) is 0 Å². The van der Waals surface area contributed by atoms with Gasteiger partial charge in [-0.3, -0.25) is 0 Å². The molecule has 0 saturated heterocycles. The summed E-state index contributed by atoms with van der Waals surface area (Å²) in [5, 5.41) is 0. The molecule has 0 atom stereocenters. The van der Waals surface area contributed by atoms with E-state index in [0.717, 1.165) is 13.1 Å². The molecule has 3 rings (SSSR count). The van der Waals surface area contributed by atoms with Crippen molar-refractivity contribution >= 4 is 0 Å². The number of halogens is 2. The molecule has 0 saturated carbocycles. The average Bonchev–Trinajstić information content (AvgIpc) is 3.01. The predicted molar refractivity (Wildman–Crippen MR) is 75.9 cm³/mol. The lowest BCUT2D eigenvalue weighted by molar-refractivity contribution is -0.671. The molecule has 118 valence electrons. The number of rotatable bonds is 4. The molecule has 2 heterocycles. The molecule has 2 aromatic heterocycles. The highest BCUT2D eigenvalue weighted by Crippen LogP contribution is 2.12. The molecule has 0 amide bonds. The molecule has 0 fully saturated rings. The Labute approximate surface area is 143 Å². The summed E-state index contributed by atoms with van der Waals surface area (Å²) in [6, 6.07) is 8.63. The lowest BCUT2D eigenvalue weighted by Gasteiger charge is -2.05. The van der Waals surface area contributed by atoms with E-state index >= 15 is 0 Å². The molecule has 6 heteroatoms. The Bertz CT molecular complexity index is 657. The summed E-state index contributed by atoms with van der Waals surface area (Å²) in [6.45, 7) is 1.81. The van der Waals surface area contributed by atoms with E-state index in [4.69, 9.17) is 0 Å². The zero-order valence-electron chi connectivity index (χ0n) is 12.7. The fraction of sp³-hybridized carbons (Fsp3) is 0.250. The maximum Gasteiger partial charge on any atom is 0.243 e. The van der Waals surface area contributed by atoms with E-state index in [1.165, 1.54) is 11.1 Å². The summed E-state index contributed by atoms with van der Waals surface area (Å²) in [7, 11) is 4.09. The van der Waals surface area contributed by atoms with Gasteiger partial charge >= 0.3 is 0 Å². The molecular formula is C16H20Cl2N4. The fourth-order valence-electron chi connectivity index (χ4n) is 2.45. The first-order valence-corrected chi connectivity index (χ1v) is 6.79. The molecule has 0 bridgehead atoms. The highest BCUT2D eigenvalue weighted by molar-refractivity contribution is 5.27. The molecule has 22 heavy (non-hydrogen) atoms. The minimum Gasteiger partial charge on any atom is -1.00 e. The number of benzene rings is 1. The molecule has 0 aliphatic rings. The summed E-state index contributed by atoms with van der Waals surface area (Å²) in [4.78, 5) is 0. The number of hydrogen-bond donors (Lipinski definition) is 0. The fourth-order valence-corrected chi connectivity index (χ4v) is 2.45. The van der Waals surface area contributed by atoms with Gasteiger partial charge in [-0.25, -0.2) is 18.3 Å². The van der Waals surface area contributed by atoms with Crippen LogP contribution in [0.5, 0.6) is 0 Å². The molecule has 0 aliphatic heterocycles. The highest BCUT2D eigenvalue weighted by Gasteiger charge is 2.09. The van der Waals surface area contributed by atoms with Gasteiger partial charge in [0.05, 0.1) is 14.1 Å². The van der Waals surface area contributed by atoms with Crippen molar-refractivity contribution in [2.75, 3.05) is 0 Å². The monoisotopic (exact) mass is 338 g/mol. The van der Waals surface area contributed by atoms with E-state index in [0.29, 0.717) is 0 Å². The topological polar surface area (TPSA) is 17.6 Å². The van der Waals surface area contributed by atoms with E-state index in [1.807, 2.05) is 14.1 Å². The zero-order chi connectivity index (χ0) is 13.9. The molecule has 0 unspecified atom stereocenters. The van der Waals surface area contributed by atoms with Crippen LogP contribution in [-0.4, -0.2) is 9.13 Å². The number of nitrogens with zero attached hydrogens (tertiary/aromatic N) is 4. The van der Waals surface area contributed by atoms with Crippen LogP contribution in [0.4, 0.5) is 0 Å². The van der Waals surface area contributed by atoms with Crippen LogP contribution in [0, 0.1) is 0 Å². The first kappa shape index (κ1) is 18.3. The molecule has 0 radical (unpaired) electrons. The van der Waals surface area contributed by atoms with Crippen LogP contribution in [0.25, 0.3) is 0 Å². The van der Waals surface area contributed by atoms with Crippen LogP contribution in [-0.2, 0) is 27.2 Å². The van der Waals surface area contributed by atoms with Gasteiger partial charge in [0.1, 0.15) is 37.9 Å². The minimum absolute atomic E-state index is 0. The molecule has 0 spiro atoms. The number of aryl methyl sites for hydroxylation is 2. The third-order valence-corrected chi connectivity index (χ3v) is 3.47. The van der Waals surface area contributed by atoms with Crippen LogP contribution in [0.15, 0.2) is 61.7 Å². The third kappa shape index (κ3) is 4.36. The van der Waals surface area contributed by atoms with E-state index in [9.17, 15) is 0 Å². The van der Waals surface area contributed by atoms with Crippen molar-refractivity contribution in [1.82, 2.24) is 9.13 Å². The summed E-state index contributed by atoms with van der Waals surface area (Å²) in [5.74, 6) is 0. The number of aromatic nitrogens is 4. The Morgan fingerprint density at radius 3 is 1.50 bits per heavy atom. The number of hydrogen-bond acceptors (Lipinski definition) is 0. The van der Waals surface area contributed by atoms with Crippen LogP contribution < -0.4 is 33.9 Å². The van der Waals surface area contributed by atoms with E-state index < -0.39 is 0 Å². The van der Waals surface area contributed by atoms with Gasteiger partial charge in [0.2, 0.25) is 12.7 Å². The van der Waals surface area contributed by atoms with E-state index in [2.05, 4.69) is 80.0 Å².